The van der Waals surface area contributed by atoms with Crippen molar-refractivity contribution in [3.05, 3.63) is 78.1 Å². The van der Waals surface area contributed by atoms with Gasteiger partial charge in [0.2, 0.25) is 10.0 Å². The second-order valence-electron chi connectivity index (χ2n) is 6.86. The molecule has 0 aliphatic rings. The zero-order chi connectivity index (χ0) is 24.2. The first-order valence-corrected chi connectivity index (χ1v) is 12.7. The van der Waals surface area contributed by atoms with Crippen LogP contribution in [-0.2, 0) is 20.0 Å². The van der Waals surface area contributed by atoms with E-state index in [2.05, 4.69) is 14.8 Å². The molecule has 0 heterocycles. The molecule has 1 amide bonds. The highest BCUT2D eigenvalue weighted by Crippen LogP contribution is 2.29. The van der Waals surface area contributed by atoms with Crippen LogP contribution in [0.15, 0.2) is 71.6 Å². The van der Waals surface area contributed by atoms with E-state index in [0.29, 0.717) is 0 Å². The molecular weight excluding hydrogens is 473 g/mol. The van der Waals surface area contributed by atoms with Crippen molar-refractivity contribution in [3.63, 3.8) is 0 Å². The van der Waals surface area contributed by atoms with Crippen LogP contribution in [0.3, 0.4) is 0 Å². The van der Waals surface area contributed by atoms with E-state index in [1.54, 1.807) is 0 Å². The fourth-order valence-corrected chi connectivity index (χ4v) is 4.49. The van der Waals surface area contributed by atoms with Gasteiger partial charge in [0, 0.05) is 11.3 Å². The predicted molar refractivity (Wildman–Crippen MR) is 123 cm³/mol. The topological polar surface area (TPSA) is 131 Å². The third kappa shape index (κ3) is 6.20. The molecule has 3 rings (SSSR count). The van der Waals surface area contributed by atoms with Crippen LogP contribution >= 0.6 is 0 Å². The van der Waals surface area contributed by atoms with Crippen LogP contribution in [0.4, 0.5) is 21.5 Å². The van der Waals surface area contributed by atoms with Gasteiger partial charge in [-0.15, -0.1) is 0 Å². The van der Waals surface area contributed by atoms with Crippen LogP contribution in [0.5, 0.6) is 5.75 Å². The van der Waals surface area contributed by atoms with Gasteiger partial charge in [-0.05, 0) is 48.5 Å². The largest absolute Gasteiger partial charge is 0.495 e. The summed E-state index contributed by atoms with van der Waals surface area (Å²) in [6.45, 7) is 0. The number of halogens is 1. The average molecular weight is 494 g/mol. The van der Waals surface area contributed by atoms with E-state index in [-0.39, 0.29) is 33.3 Å². The van der Waals surface area contributed by atoms with Gasteiger partial charge in [0.1, 0.15) is 11.6 Å². The fourth-order valence-electron chi connectivity index (χ4n) is 2.82. The van der Waals surface area contributed by atoms with Crippen LogP contribution in [0.1, 0.15) is 10.4 Å². The van der Waals surface area contributed by atoms with Gasteiger partial charge in [-0.3, -0.25) is 14.2 Å². The number of rotatable bonds is 8. The quantitative estimate of drug-likeness (QED) is 0.442. The molecule has 0 saturated carbocycles. The van der Waals surface area contributed by atoms with Gasteiger partial charge in [-0.2, -0.15) is 0 Å². The number of carbonyl (C=O) groups is 1. The lowest BCUT2D eigenvalue weighted by atomic mass is 10.2. The van der Waals surface area contributed by atoms with E-state index in [1.807, 2.05) is 0 Å². The lowest BCUT2D eigenvalue weighted by Crippen LogP contribution is -2.16. The molecule has 174 valence electrons. The summed E-state index contributed by atoms with van der Waals surface area (Å²) in [4.78, 5) is 12.5. The van der Waals surface area contributed by atoms with Crippen molar-refractivity contribution >= 4 is 43.0 Å². The first kappa shape index (κ1) is 24.0. The van der Waals surface area contributed by atoms with Crippen molar-refractivity contribution in [2.75, 3.05) is 28.1 Å². The van der Waals surface area contributed by atoms with E-state index in [0.717, 1.165) is 18.4 Å². The summed E-state index contributed by atoms with van der Waals surface area (Å²) in [5.41, 5.74) is 0.143. The van der Waals surface area contributed by atoms with E-state index in [1.165, 1.54) is 61.7 Å². The van der Waals surface area contributed by atoms with Crippen molar-refractivity contribution in [1.82, 2.24) is 0 Å². The van der Waals surface area contributed by atoms with Crippen molar-refractivity contribution in [2.24, 2.45) is 0 Å². The van der Waals surface area contributed by atoms with Gasteiger partial charge < -0.3 is 10.1 Å². The summed E-state index contributed by atoms with van der Waals surface area (Å²) in [6, 6.07) is 14.8. The smallest absolute Gasteiger partial charge is 0.262 e. The minimum Gasteiger partial charge on any atom is -0.495 e. The Labute approximate surface area is 190 Å². The number of sulfonamides is 2. The number of carbonyl (C=O) groups excluding carboxylic acids is 1. The molecule has 0 aliphatic carbocycles. The van der Waals surface area contributed by atoms with E-state index >= 15 is 0 Å². The van der Waals surface area contributed by atoms with Crippen LogP contribution in [0.2, 0.25) is 0 Å². The predicted octanol–water partition coefficient (Wildman–Crippen LogP) is 3.26. The second-order valence-corrected chi connectivity index (χ2v) is 10.3. The highest BCUT2D eigenvalue weighted by atomic mass is 32.2. The maximum atomic E-state index is 13.8. The Balaban J connectivity index is 1.84. The molecule has 0 spiro atoms. The van der Waals surface area contributed by atoms with E-state index in [9.17, 15) is 26.0 Å². The van der Waals surface area contributed by atoms with Crippen LogP contribution in [-0.4, -0.2) is 36.1 Å². The van der Waals surface area contributed by atoms with Crippen molar-refractivity contribution in [3.8, 4) is 5.75 Å². The lowest BCUT2D eigenvalue weighted by molar-refractivity contribution is 0.102. The number of ether oxygens (including phenoxy) is 1. The van der Waals surface area contributed by atoms with Crippen molar-refractivity contribution in [1.29, 1.82) is 0 Å². The summed E-state index contributed by atoms with van der Waals surface area (Å²) < 4.78 is 71.8. The van der Waals surface area contributed by atoms with Crippen LogP contribution < -0.4 is 19.5 Å². The Morgan fingerprint density at radius 2 is 1.61 bits per heavy atom. The summed E-state index contributed by atoms with van der Waals surface area (Å²) in [5, 5.41) is 2.57. The number of hydrogen-bond acceptors (Lipinski definition) is 6. The maximum absolute atomic E-state index is 13.8. The highest BCUT2D eigenvalue weighted by molar-refractivity contribution is 7.92. The molecule has 0 fully saturated rings. The molecule has 12 heteroatoms. The van der Waals surface area contributed by atoms with Crippen molar-refractivity contribution < 1.29 is 30.8 Å². The average Bonchev–Trinajstić information content (AvgIpc) is 2.74. The zero-order valence-electron chi connectivity index (χ0n) is 17.5. The highest BCUT2D eigenvalue weighted by Gasteiger charge is 2.18. The fraction of sp³-hybridized carbons (Fsp3) is 0.0952. The Bertz CT molecular complexity index is 1410. The van der Waals surface area contributed by atoms with Gasteiger partial charge in [-0.1, -0.05) is 18.2 Å². The number of anilines is 3. The van der Waals surface area contributed by atoms with Crippen molar-refractivity contribution in [2.45, 2.75) is 4.90 Å². The molecular formula is C21H20FN3O6S2. The van der Waals surface area contributed by atoms with Gasteiger partial charge >= 0.3 is 0 Å². The molecule has 3 N–H and O–H groups in total. The molecule has 9 nitrogen and oxygen atoms in total. The molecule has 0 radical (unpaired) electrons. The first-order valence-electron chi connectivity index (χ1n) is 9.33. The summed E-state index contributed by atoms with van der Waals surface area (Å²) >= 11 is 0. The third-order valence-electron chi connectivity index (χ3n) is 4.28. The standard InChI is InChI=1S/C21H20FN3O6S2/c1-31-20-11-10-15(13-19(20)24-32(2,27)28)23-21(26)14-6-5-7-16(12-14)33(29,30)25-18-9-4-3-8-17(18)22/h3-13,24-25H,1-2H3,(H,23,26). The molecule has 0 atom stereocenters. The van der Waals surface area contributed by atoms with Crippen LogP contribution in [0.25, 0.3) is 0 Å². The Kier molecular flexibility index (Phi) is 6.89. The minimum atomic E-state index is -4.16. The molecule has 0 aliphatic heterocycles. The van der Waals surface area contributed by atoms with Gasteiger partial charge in [0.05, 0.1) is 29.6 Å². The Morgan fingerprint density at radius 1 is 0.879 bits per heavy atom. The maximum Gasteiger partial charge on any atom is 0.262 e. The van der Waals surface area contributed by atoms with Crippen LogP contribution in [0, 0.1) is 5.82 Å². The second kappa shape index (κ2) is 9.46. The SMILES string of the molecule is COc1ccc(NC(=O)c2cccc(S(=O)(=O)Nc3ccccc3F)c2)cc1NS(C)(=O)=O. The van der Waals surface area contributed by atoms with E-state index in [4.69, 9.17) is 4.74 Å². The molecule has 3 aromatic rings. The minimum absolute atomic E-state index is 0.0137. The number of para-hydroxylation sites is 1. The molecule has 0 unspecified atom stereocenters. The number of methoxy groups -OCH3 is 1. The molecule has 33 heavy (non-hydrogen) atoms. The molecule has 0 aromatic heterocycles. The zero-order valence-corrected chi connectivity index (χ0v) is 19.1. The Hall–Kier alpha value is -3.64. The van der Waals surface area contributed by atoms with Gasteiger partial charge in [0.15, 0.2) is 0 Å². The number of amides is 1. The van der Waals surface area contributed by atoms with Gasteiger partial charge in [-0.25, -0.2) is 21.2 Å². The number of hydrogen-bond donors (Lipinski definition) is 3. The number of nitrogens with one attached hydrogen (secondary N) is 3. The normalized spacial score (nSPS) is 11.5. The summed E-state index contributed by atoms with van der Waals surface area (Å²) in [7, 11) is -6.40. The summed E-state index contributed by atoms with van der Waals surface area (Å²) in [6.07, 6.45) is 0.971. The molecule has 0 bridgehead atoms. The Morgan fingerprint density at radius 3 is 2.27 bits per heavy atom. The third-order valence-corrected chi connectivity index (χ3v) is 6.23. The monoisotopic (exact) mass is 493 g/mol. The number of benzene rings is 3. The van der Waals surface area contributed by atoms with E-state index < -0.39 is 31.8 Å². The van der Waals surface area contributed by atoms with Gasteiger partial charge in [0.25, 0.3) is 15.9 Å². The lowest BCUT2D eigenvalue weighted by Gasteiger charge is -2.13. The summed E-state index contributed by atoms with van der Waals surface area (Å²) in [5.74, 6) is -1.15. The first-order chi connectivity index (χ1) is 15.5. The molecule has 0 saturated heterocycles. The molecule has 3 aromatic carbocycles.